The van der Waals surface area contributed by atoms with E-state index >= 15 is 0 Å². The Labute approximate surface area is 225 Å². The Hall–Kier alpha value is -3.72. The SMILES string of the molecule is Cc1cc(F)cc(-c2cnnc(-c3nc4ccc(Cl)cc4[nH]3)c2N2CCC(NC(=O)OC(C)(C)C)CC2)c1. The minimum Gasteiger partial charge on any atom is -0.444 e. The van der Waals surface area contributed by atoms with Crippen LogP contribution in [0.3, 0.4) is 0 Å². The summed E-state index contributed by atoms with van der Waals surface area (Å²) in [5.74, 6) is 0.233. The Morgan fingerprint density at radius 2 is 1.95 bits per heavy atom. The zero-order valence-electron chi connectivity index (χ0n) is 21.8. The fourth-order valence-corrected chi connectivity index (χ4v) is 4.95. The number of amides is 1. The van der Waals surface area contributed by atoms with Gasteiger partial charge in [0.25, 0.3) is 0 Å². The highest BCUT2D eigenvalue weighted by molar-refractivity contribution is 6.31. The maximum absolute atomic E-state index is 14.4. The summed E-state index contributed by atoms with van der Waals surface area (Å²) in [4.78, 5) is 22.6. The molecule has 0 bridgehead atoms. The number of aryl methyl sites for hydroxylation is 1. The number of hydrogen-bond acceptors (Lipinski definition) is 6. The van der Waals surface area contributed by atoms with E-state index in [0.717, 1.165) is 27.8 Å². The summed E-state index contributed by atoms with van der Waals surface area (Å²) in [6.07, 6.45) is 2.66. The normalized spacial score (nSPS) is 14.6. The lowest BCUT2D eigenvalue weighted by atomic mass is 9.98. The van der Waals surface area contributed by atoms with Crippen LogP contribution in [0.1, 0.15) is 39.2 Å². The molecule has 1 fully saturated rings. The number of ether oxygens (including phenoxy) is 1. The van der Waals surface area contributed by atoms with Crippen molar-refractivity contribution in [1.29, 1.82) is 0 Å². The van der Waals surface area contributed by atoms with E-state index in [1.807, 2.05) is 45.9 Å². The molecule has 3 heterocycles. The average Bonchev–Trinajstić information content (AvgIpc) is 3.25. The standard InChI is InChI=1S/C28H30ClFN6O2/c1-16-11-17(13-19(30)12-16)21-15-31-35-24(26-33-22-6-5-18(29)14-23(22)34-26)25(21)36-9-7-20(8-10-36)32-27(37)38-28(2,3)4/h5-6,11-15,20H,7-10H2,1-4H3,(H,32,37)(H,33,34). The highest BCUT2D eigenvalue weighted by atomic mass is 35.5. The van der Waals surface area contributed by atoms with E-state index in [1.165, 1.54) is 12.1 Å². The summed E-state index contributed by atoms with van der Waals surface area (Å²) >= 11 is 6.19. The van der Waals surface area contributed by atoms with Gasteiger partial charge < -0.3 is 19.9 Å². The maximum atomic E-state index is 14.4. The highest BCUT2D eigenvalue weighted by Gasteiger charge is 2.28. The molecule has 5 rings (SSSR count). The van der Waals surface area contributed by atoms with Crippen LogP contribution in [0.5, 0.6) is 0 Å². The van der Waals surface area contributed by atoms with Crippen molar-refractivity contribution < 1.29 is 13.9 Å². The van der Waals surface area contributed by atoms with Crippen molar-refractivity contribution in [3.63, 3.8) is 0 Å². The van der Waals surface area contributed by atoms with Gasteiger partial charge in [-0.05, 0) is 82.0 Å². The number of anilines is 1. The summed E-state index contributed by atoms with van der Waals surface area (Å²) in [6, 6.07) is 10.4. The number of carbonyl (C=O) groups excluding carboxylic acids is 1. The van der Waals surface area contributed by atoms with Gasteiger partial charge in [0.1, 0.15) is 11.4 Å². The Morgan fingerprint density at radius 3 is 2.66 bits per heavy atom. The fraction of sp³-hybridized carbons (Fsp3) is 0.357. The van der Waals surface area contributed by atoms with Crippen molar-refractivity contribution in [3.8, 4) is 22.6 Å². The number of aromatic amines is 1. The number of nitrogens with one attached hydrogen (secondary N) is 2. The van der Waals surface area contributed by atoms with Crippen LogP contribution >= 0.6 is 11.6 Å². The first-order valence-corrected chi connectivity index (χ1v) is 13.0. The predicted octanol–water partition coefficient (Wildman–Crippen LogP) is 6.28. The van der Waals surface area contributed by atoms with Crippen molar-refractivity contribution >= 4 is 34.4 Å². The molecule has 10 heteroatoms. The van der Waals surface area contributed by atoms with Crippen molar-refractivity contribution in [2.75, 3.05) is 18.0 Å². The molecule has 0 aliphatic carbocycles. The second kappa shape index (κ2) is 10.2. The number of nitrogens with zero attached hydrogens (tertiary/aromatic N) is 4. The molecular formula is C28H30ClFN6O2. The van der Waals surface area contributed by atoms with Gasteiger partial charge in [-0.3, -0.25) is 0 Å². The maximum Gasteiger partial charge on any atom is 0.407 e. The second-order valence-corrected chi connectivity index (χ2v) is 11.1. The summed E-state index contributed by atoms with van der Waals surface area (Å²) in [5.41, 5.74) is 4.63. The van der Waals surface area contributed by atoms with Gasteiger partial charge >= 0.3 is 6.09 Å². The molecule has 0 spiro atoms. The van der Waals surface area contributed by atoms with Crippen molar-refractivity contribution in [3.05, 3.63) is 59.0 Å². The van der Waals surface area contributed by atoms with Gasteiger partial charge in [0.05, 0.1) is 22.9 Å². The molecule has 1 saturated heterocycles. The molecular weight excluding hydrogens is 507 g/mol. The van der Waals surface area contributed by atoms with Crippen LogP contribution in [0, 0.1) is 12.7 Å². The molecule has 198 valence electrons. The highest BCUT2D eigenvalue weighted by Crippen LogP contribution is 2.39. The third-order valence-corrected chi connectivity index (χ3v) is 6.61. The topological polar surface area (TPSA) is 96.0 Å². The molecule has 0 radical (unpaired) electrons. The number of benzene rings is 2. The monoisotopic (exact) mass is 536 g/mol. The Bertz CT molecular complexity index is 1470. The lowest BCUT2D eigenvalue weighted by Crippen LogP contribution is -2.46. The molecule has 0 unspecified atom stereocenters. The van der Waals surface area contributed by atoms with E-state index in [-0.39, 0.29) is 11.9 Å². The molecule has 4 aromatic rings. The first-order valence-electron chi connectivity index (χ1n) is 12.6. The molecule has 1 aliphatic rings. The van der Waals surface area contributed by atoms with E-state index in [2.05, 4.69) is 25.4 Å². The number of imidazole rings is 1. The third-order valence-electron chi connectivity index (χ3n) is 6.38. The number of H-pyrrole nitrogens is 1. The molecule has 38 heavy (non-hydrogen) atoms. The predicted molar refractivity (Wildman–Crippen MR) is 147 cm³/mol. The molecule has 2 aromatic heterocycles. The summed E-state index contributed by atoms with van der Waals surface area (Å²) in [5, 5.41) is 12.3. The van der Waals surface area contributed by atoms with Crippen LogP contribution in [0.4, 0.5) is 14.9 Å². The zero-order chi connectivity index (χ0) is 27.0. The third kappa shape index (κ3) is 5.72. The van der Waals surface area contributed by atoms with E-state index in [1.54, 1.807) is 12.3 Å². The van der Waals surface area contributed by atoms with Gasteiger partial charge in [0.2, 0.25) is 0 Å². The summed E-state index contributed by atoms with van der Waals surface area (Å²) < 4.78 is 19.9. The Kier molecular flexibility index (Phi) is 6.96. The number of aromatic nitrogens is 4. The van der Waals surface area contributed by atoms with Gasteiger partial charge in [-0.15, -0.1) is 5.10 Å². The summed E-state index contributed by atoms with van der Waals surface area (Å²) in [7, 11) is 0. The number of halogens is 2. The molecule has 8 nitrogen and oxygen atoms in total. The lowest BCUT2D eigenvalue weighted by molar-refractivity contribution is 0.0497. The van der Waals surface area contributed by atoms with Crippen molar-refractivity contribution in [1.82, 2.24) is 25.5 Å². The van der Waals surface area contributed by atoms with Gasteiger partial charge in [-0.2, -0.15) is 5.10 Å². The van der Waals surface area contributed by atoms with E-state index in [0.29, 0.717) is 48.0 Å². The van der Waals surface area contributed by atoms with Crippen molar-refractivity contribution in [2.24, 2.45) is 0 Å². The largest absolute Gasteiger partial charge is 0.444 e. The van der Waals surface area contributed by atoms with Gasteiger partial charge in [0.15, 0.2) is 11.5 Å². The van der Waals surface area contributed by atoms with E-state index in [9.17, 15) is 9.18 Å². The fourth-order valence-electron chi connectivity index (χ4n) is 4.78. The minimum absolute atomic E-state index is 0.0208. The van der Waals surface area contributed by atoms with E-state index < -0.39 is 11.7 Å². The molecule has 2 aromatic carbocycles. The lowest BCUT2D eigenvalue weighted by Gasteiger charge is -2.35. The van der Waals surface area contributed by atoms with Gasteiger partial charge in [0, 0.05) is 29.7 Å². The molecule has 0 saturated carbocycles. The van der Waals surface area contributed by atoms with Crippen molar-refractivity contribution in [2.45, 2.75) is 52.2 Å². The Balaban J connectivity index is 1.51. The van der Waals surface area contributed by atoms with Crippen LogP contribution in [0.2, 0.25) is 5.02 Å². The van der Waals surface area contributed by atoms with Crippen LogP contribution in [0.15, 0.2) is 42.6 Å². The average molecular weight is 537 g/mol. The van der Waals surface area contributed by atoms with Crippen LogP contribution < -0.4 is 10.2 Å². The quantitative estimate of drug-likeness (QED) is 0.318. The Morgan fingerprint density at radius 1 is 1.18 bits per heavy atom. The summed E-state index contributed by atoms with van der Waals surface area (Å²) in [6.45, 7) is 8.68. The van der Waals surface area contributed by atoms with E-state index in [4.69, 9.17) is 21.3 Å². The van der Waals surface area contributed by atoms with Crippen LogP contribution in [-0.4, -0.2) is 51.0 Å². The smallest absolute Gasteiger partial charge is 0.407 e. The molecule has 2 N–H and O–H groups in total. The zero-order valence-corrected chi connectivity index (χ0v) is 22.6. The molecule has 1 aliphatic heterocycles. The number of fused-ring (bicyclic) bond motifs is 1. The number of carbonyl (C=O) groups is 1. The minimum atomic E-state index is -0.558. The van der Waals surface area contributed by atoms with Crippen LogP contribution in [0.25, 0.3) is 33.7 Å². The number of hydrogen-bond donors (Lipinski definition) is 2. The first kappa shape index (κ1) is 25.9. The molecule has 0 atom stereocenters. The number of rotatable bonds is 4. The van der Waals surface area contributed by atoms with Gasteiger partial charge in [-0.1, -0.05) is 17.7 Å². The number of piperidine rings is 1. The van der Waals surface area contributed by atoms with Crippen LogP contribution in [-0.2, 0) is 4.74 Å². The second-order valence-electron chi connectivity index (χ2n) is 10.6. The number of alkyl carbamates (subject to hydrolysis) is 1. The van der Waals surface area contributed by atoms with Gasteiger partial charge in [-0.25, -0.2) is 14.2 Å². The molecule has 1 amide bonds. The first-order chi connectivity index (χ1) is 18.1.